The highest BCUT2D eigenvalue weighted by Gasteiger charge is 2.35. The highest BCUT2D eigenvalue weighted by Crippen LogP contribution is 2.46. The van der Waals surface area contributed by atoms with Gasteiger partial charge in [0.05, 0.1) is 26.1 Å². The first-order chi connectivity index (χ1) is 15.8. The Morgan fingerprint density at radius 1 is 1.24 bits per heavy atom. The number of nitriles is 1. The number of benzene rings is 2. The smallest absolute Gasteiger partial charge is 0.244 e. The molecule has 7 nitrogen and oxygen atoms in total. The molecular formula is C23H19Cl2IN4O3. The summed E-state index contributed by atoms with van der Waals surface area (Å²) >= 11 is 14.3. The molecule has 3 aromatic rings. The van der Waals surface area contributed by atoms with Crippen molar-refractivity contribution in [2.75, 3.05) is 6.61 Å². The van der Waals surface area contributed by atoms with E-state index >= 15 is 0 Å². The van der Waals surface area contributed by atoms with E-state index in [0.717, 1.165) is 26.0 Å². The molecule has 0 bridgehead atoms. The van der Waals surface area contributed by atoms with Crippen molar-refractivity contribution in [3.05, 3.63) is 77.8 Å². The minimum Gasteiger partial charge on any atom is -0.490 e. The normalized spacial score (nSPS) is 15.0. The van der Waals surface area contributed by atoms with Gasteiger partial charge in [-0.05, 0) is 71.8 Å². The highest BCUT2D eigenvalue weighted by molar-refractivity contribution is 14.1. The number of hydrogen-bond donors (Lipinski definition) is 2. The fraction of sp³-hybridized carbons (Fsp3) is 0.217. The third-order valence-corrected chi connectivity index (χ3v) is 6.70. The second-order valence-electron chi connectivity index (χ2n) is 7.29. The summed E-state index contributed by atoms with van der Waals surface area (Å²) in [5.41, 5.74) is 9.61. The number of aromatic nitrogens is 2. The van der Waals surface area contributed by atoms with Crippen LogP contribution in [0.1, 0.15) is 35.2 Å². The summed E-state index contributed by atoms with van der Waals surface area (Å²) in [6, 6.07) is 11.4. The van der Waals surface area contributed by atoms with Crippen molar-refractivity contribution in [3.63, 3.8) is 0 Å². The van der Waals surface area contributed by atoms with Crippen molar-refractivity contribution in [3.8, 4) is 23.4 Å². The molecule has 0 aliphatic carbocycles. The van der Waals surface area contributed by atoms with E-state index in [2.05, 4.69) is 38.9 Å². The van der Waals surface area contributed by atoms with Crippen LogP contribution in [0.3, 0.4) is 0 Å². The predicted molar refractivity (Wildman–Crippen MR) is 134 cm³/mol. The Kier molecular flexibility index (Phi) is 6.93. The minimum atomic E-state index is -0.450. The van der Waals surface area contributed by atoms with E-state index in [1.807, 2.05) is 32.0 Å². The Morgan fingerprint density at radius 3 is 2.73 bits per heavy atom. The molecule has 3 N–H and O–H groups in total. The van der Waals surface area contributed by atoms with Crippen LogP contribution in [0.4, 0.5) is 0 Å². The fourth-order valence-electron chi connectivity index (χ4n) is 3.67. The number of aromatic amines is 1. The molecule has 4 rings (SSSR count). The Labute approximate surface area is 214 Å². The molecule has 0 saturated carbocycles. The molecule has 170 valence electrons. The molecule has 1 aliphatic rings. The van der Waals surface area contributed by atoms with Crippen molar-refractivity contribution in [2.45, 2.75) is 26.4 Å². The van der Waals surface area contributed by atoms with E-state index in [4.69, 9.17) is 43.1 Å². The lowest BCUT2D eigenvalue weighted by Gasteiger charge is -2.25. The number of nitrogens with one attached hydrogen (secondary N) is 1. The topological polar surface area (TPSA) is 106 Å². The Bertz CT molecular complexity index is 1300. The van der Waals surface area contributed by atoms with Gasteiger partial charge < -0.3 is 19.9 Å². The first-order valence-electron chi connectivity index (χ1n) is 9.99. The number of allylic oxidation sites excluding steroid dienone is 1. The highest BCUT2D eigenvalue weighted by atomic mass is 127. The molecule has 0 spiro atoms. The number of rotatable bonds is 6. The molecule has 1 aromatic heterocycles. The van der Waals surface area contributed by atoms with Gasteiger partial charge in [-0.25, -0.2) is 0 Å². The van der Waals surface area contributed by atoms with Crippen LogP contribution in [-0.4, -0.2) is 16.8 Å². The molecule has 2 heterocycles. The number of hydrogen-bond acceptors (Lipinski definition) is 6. The van der Waals surface area contributed by atoms with Crippen LogP contribution in [0.25, 0.3) is 0 Å². The van der Waals surface area contributed by atoms with E-state index < -0.39 is 5.92 Å². The first-order valence-corrected chi connectivity index (χ1v) is 11.8. The average Bonchev–Trinajstić information content (AvgIpc) is 3.14. The molecule has 10 heteroatoms. The third-order valence-electron chi connectivity index (χ3n) is 5.16. The standard InChI is InChI=1S/C23H19Cl2IN4O3/c1-3-31-18-8-13(20-14(9-27)22(28)33-23-19(20)11(2)29-30-23)7-17(26)21(18)32-10-12-4-5-15(24)16(25)6-12/h4-8,20H,3,10,28H2,1-2H3,(H,29,30)/t20-/m1/s1. The van der Waals surface area contributed by atoms with Crippen LogP contribution in [0.5, 0.6) is 17.4 Å². The largest absolute Gasteiger partial charge is 0.490 e. The van der Waals surface area contributed by atoms with Gasteiger partial charge in [0.15, 0.2) is 11.5 Å². The fourth-order valence-corrected chi connectivity index (χ4v) is 4.78. The van der Waals surface area contributed by atoms with Gasteiger partial charge in [0, 0.05) is 11.3 Å². The number of nitrogens with two attached hydrogens (primary N) is 1. The molecule has 0 unspecified atom stereocenters. The number of fused-ring (bicyclic) bond motifs is 1. The summed E-state index contributed by atoms with van der Waals surface area (Å²) in [6.07, 6.45) is 0. The maximum absolute atomic E-state index is 9.82. The molecule has 0 amide bonds. The zero-order chi connectivity index (χ0) is 23.7. The molecule has 33 heavy (non-hydrogen) atoms. The monoisotopic (exact) mass is 596 g/mol. The van der Waals surface area contributed by atoms with Gasteiger partial charge in [0.25, 0.3) is 0 Å². The Balaban J connectivity index is 1.75. The molecular weight excluding hydrogens is 578 g/mol. The zero-order valence-corrected chi connectivity index (χ0v) is 21.4. The summed E-state index contributed by atoms with van der Waals surface area (Å²) in [5, 5.41) is 17.9. The van der Waals surface area contributed by atoms with Crippen molar-refractivity contribution >= 4 is 45.8 Å². The predicted octanol–water partition coefficient (Wildman–Crippen LogP) is 5.83. The van der Waals surface area contributed by atoms with E-state index in [9.17, 15) is 5.26 Å². The summed E-state index contributed by atoms with van der Waals surface area (Å²) in [5.74, 6) is 1.11. The van der Waals surface area contributed by atoms with Crippen LogP contribution in [-0.2, 0) is 6.61 Å². The lowest BCUT2D eigenvalue weighted by molar-refractivity contribution is 0.267. The van der Waals surface area contributed by atoms with Crippen molar-refractivity contribution in [2.24, 2.45) is 5.73 Å². The molecule has 1 atom stereocenters. The third kappa shape index (κ3) is 4.58. The summed E-state index contributed by atoms with van der Waals surface area (Å²) < 4.78 is 18.4. The average molecular weight is 597 g/mol. The van der Waals surface area contributed by atoms with Crippen LogP contribution in [0.2, 0.25) is 10.0 Å². The Morgan fingerprint density at radius 2 is 2.03 bits per heavy atom. The second-order valence-corrected chi connectivity index (χ2v) is 9.27. The number of H-pyrrole nitrogens is 1. The summed E-state index contributed by atoms with van der Waals surface area (Å²) in [6.45, 7) is 4.50. The maximum atomic E-state index is 9.82. The van der Waals surface area contributed by atoms with Crippen molar-refractivity contribution in [1.82, 2.24) is 10.2 Å². The lowest BCUT2D eigenvalue weighted by atomic mass is 9.84. The number of ether oxygens (including phenoxy) is 3. The maximum Gasteiger partial charge on any atom is 0.244 e. The van der Waals surface area contributed by atoms with Gasteiger partial charge in [-0.3, -0.25) is 5.10 Å². The van der Waals surface area contributed by atoms with E-state index in [1.165, 1.54) is 0 Å². The van der Waals surface area contributed by atoms with Gasteiger partial charge in [-0.15, -0.1) is 5.10 Å². The first kappa shape index (κ1) is 23.5. The van der Waals surface area contributed by atoms with Gasteiger partial charge in [0.1, 0.15) is 18.2 Å². The second kappa shape index (κ2) is 9.71. The minimum absolute atomic E-state index is 0.0365. The van der Waals surface area contributed by atoms with Crippen LogP contribution < -0.4 is 19.9 Å². The number of nitrogens with zero attached hydrogens (tertiary/aromatic N) is 2. The van der Waals surface area contributed by atoms with E-state index in [1.54, 1.807) is 12.1 Å². The summed E-state index contributed by atoms with van der Waals surface area (Å²) in [7, 11) is 0. The summed E-state index contributed by atoms with van der Waals surface area (Å²) in [4.78, 5) is 0. The van der Waals surface area contributed by atoms with Gasteiger partial charge in [-0.2, -0.15) is 5.26 Å². The molecule has 0 fully saturated rings. The molecule has 1 aliphatic heterocycles. The molecule has 0 saturated heterocycles. The van der Waals surface area contributed by atoms with E-state index in [-0.39, 0.29) is 12.5 Å². The van der Waals surface area contributed by atoms with Crippen molar-refractivity contribution in [1.29, 1.82) is 5.26 Å². The zero-order valence-electron chi connectivity index (χ0n) is 17.7. The van der Waals surface area contributed by atoms with E-state index in [0.29, 0.717) is 39.6 Å². The Hall–Kier alpha value is -2.61. The van der Waals surface area contributed by atoms with Crippen molar-refractivity contribution < 1.29 is 14.2 Å². The van der Waals surface area contributed by atoms with Crippen LogP contribution >= 0.6 is 45.8 Å². The van der Waals surface area contributed by atoms with Gasteiger partial charge in [0.2, 0.25) is 11.8 Å². The quantitative estimate of drug-likeness (QED) is 0.347. The van der Waals surface area contributed by atoms with Crippen LogP contribution in [0.15, 0.2) is 41.8 Å². The number of aryl methyl sites for hydroxylation is 1. The molecule has 0 radical (unpaired) electrons. The van der Waals surface area contributed by atoms with Gasteiger partial charge in [-0.1, -0.05) is 29.3 Å². The van der Waals surface area contributed by atoms with Crippen LogP contribution in [0, 0.1) is 21.8 Å². The lowest BCUT2D eigenvalue weighted by Crippen LogP contribution is -2.21. The van der Waals surface area contributed by atoms with Gasteiger partial charge >= 0.3 is 0 Å². The number of halogens is 3. The molecule has 2 aromatic carbocycles. The SMILES string of the molecule is CCOc1cc([C@@H]2C(C#N)=C(N)Oc3n[nH]c(C)c32)cc(I)c1OCc1ccc(Cl)c(Cl)c1.